The lowest BCUT2D eigenvalue weighted by molar-refractivity contribution is 0.0750. The molecule has 0 saturated carbocycles. The highest BCUT2D eigenvalue weighted by atomic mass is 32.1. The minimum Gasteiger partial charge on any atom is -0.368 e. The van der Waals surface area contributed by atoms with Crippen LogP contribution in [-0.2, 0) is 0 Å². The number of aryl methyl sites for hydroxylation is 2. The van der Waals surface area contributed by atoms with Crippen molar-refractivity contribution in [3.8, 4) is 0 Å². The van der Waals surface area contributed by atoms with Gasteiger partial charge in [-0.25, -0.2) is 4.39 Å². The zero-order valence-electron chi connectivity index (χ0n) is 17.5. The van der Waals surface area contributed by atoms with Crippen molar-refractivity contribution in [2.45, 2.75) is 13.8 Å². The second-order valence-corrected chi connectivity index (χ2v) is 8.71. The van der Waals surface area contributed by atoms with Crippen molar-refractivity contribution in [2.24, 2.45) is 0 Å². The van der Waals surface area contributed by atoms with Crippen LogP contribution >= 0.6 is 11.3 Å². The van der Waals surface area contributed by atoms with Crippen LogP contribution in [0.25, 0.3) is 0 Å². The van der Waals surface area contributed by atoms with E-state index in [1.54, 1.807) is 12.1 Å². The lowest BCUT2D eigenvalue weighted by atomic mass is 10.1. The molecule has 1 N–H and O–H groups in total. The summed E-state index contributed by atoms with van der Waals surface area (Å²) in [4.78, 5) is 30.3. The van der Waals surface area contributed by atoms with Crippen molar-refractivity contribution >= 4 is 33.8 Å². The van der Waals surface area contributed by atoms with Gasteiger partial charge in [-0.05, 0) is 55.3 Å². The van der Waals surface area contributed by atoms with Crippen LogP contribution in [0.15, 0.2) is 54.6 Å². The van der Waals surface area contributed by atoms with Crippen molar-refractivity contribution in [1.29, 1.82) is 0 Å². The Labute approximate surface area is 185 Å². The molecule has 0 aliphatic carbocycles. The summed E-state index contributed by atoms with van der Waals surface area (Å²) in [6.07, 6.45) is 0. The predicted octanol–water partition coefficient (Wildman–Crippen LogP) is 4.72. The molecule has 0 atom stereocenters. The van der Waals surface area contributed by atoms with Gasteiger partial charge in [0.1, 0.15) is 5.82 Å². The van der Waals surface area contributed by atoms with Gasteiger partial charge >= 0.3 is 0 Å². The Kier molecular flexibility index (Phi) is 6.04. The minimum atomic E-state index is -0.462. The summed E-state index contributed by atoms with van der Waals surface area (Å²) in [6.45, 7) is 6.83. The number of nitrogens with one attached hydrogen (secondary N) is 1. The van der Waals surface area contributed by atoms with Crippen LogP contribution < -0.4 is 10.2 Å². The third-order valence-electron chi connectivity index (χ3n) is 5.46. The zero-order valence-corrected chi connectivity index (χ0v) is 18.3. The van der Waals surface area contributed by atoms with Crippen LogP contribution in [0.3, 0.4) is 0 Å². The molecule has 0 spiro atoms. The number of anilines is 2. The number of amides is 2. The van der Waals surface area contributed by atoms with E-state index in [1.165, 1.54) is 40.8 Å². The van der Waals surface area contributed by atoms with Gasteiger partial charge in [0.05, 0.1) is 9.88 Å². The van der Waals surface area contributed by atoms with Gasteiger partial charge in [-0.15, -0.1) is 11.3 Å². The summed E-state index contributed by atoms with van der Waals surface area (Å²) in [7, 11) is 0. The number of rotatable bonds is 4. The Morgan fingerprint density at radius 2 is 1.68 bits per heavy atom. The monoisotopic (exact) mass is 437 g/mol. The molecule has 4 rings (SSSR count). The maximum atomic E-state index is 13.4. The van der Waals surface area contributed by atoms with Gasteiger partial charge in [0.15, 0.2) is 0 Å². The van der Waals surface area contributed by atoms with E-state index in [0.29, 0.717) is 23.0 Å². The molecule has 1 aromatic heterocycles. The fourth-order valence-corrected chi connectivity index (χ4v) is 4.82. The smallest absolute Gasteiger partial charge is 0.264 e. The third kappa shape index (κ3) is 4.61. The summed E-state index contributed by atoms with van der Waals surface area (Å²) in [5.41, 5.74) is 3.51. The maximum Gasteiger partial charge on any atom is 0.264 e. The average Bonchev–Trinajstić information content (AvgIpc) is 3.13. The number of thiophene rings is 1. The molecule has 1 aliphatic heterocycles. The van der Waals surface area contributed by atoms with Crippen LogP contribution in [0, 0.1) is 19.7 Å². The van der Waals surface area contributed by atoms with Gasteiger partial charge in [0.2, 0.25) is 0 Å². The molecule has 3 aromatic rings. The quantitative estimate of drug-likeness (QED) is 0.643. The molecule has 0 bridgehead atoms. The first-order valence-corrected chi connectivity index (χ1v) is 11.0. The maximum absolute atomic E-state index is 13.4. The second kappa shape index (κ2) is 8.89. The number of carbonyl (C=O) groups excluding carboxylic acids is 2. The van der Waals surface area contributed by atoms with Crippen molar-refractivity contribution in [1.82, 2.24) is 4.90 Å². The van der Waals surface area contributed by atoms with Crippen LogP contribution in [-0.4, -0.2) is 42.9 Å². The Bertz CT molecular complexity index is 1120. The lowest BCUT2D eigenvalue weighted by Crippen LogP contribution is -2.48. The van der Waals surface area contributed by atoms with E-state index >= 15 is 0 Å². The first-order chi connectivity index (χ1) is 14.9. The molecule has 0 radical (unpaired) electrons. The summed E-state index contributed by atoms with van der Waals surface area (Å²) in [6, 6.07) is 15.6. The molecule has 2 heterocycles. The number of benzene rings is 2. The van der Waals surface area contributed by atoms with E-state index in [1.807, 2.05) is 24.0 Å². The Morgan fingerprint density at radius 3 is 2.39 bits per heavy atom. The molecule has 5 nitrogen and oxygen atoms in total. The van der Waals surface area contributed by atoms with Gasteiger partial charge in [0, 0.05) is 37.4 Å². The molecule has 1 aliphatic rings. The Morgan fingerprint density at radius 1 is 0.935 bits per heavy atom. The fourth-order valence-electron chi connectivity index (χ4n) is 3.78. The standard InChI is InChI=1S/C24H24FN3O2S/c1-16-6-3-4-9-20(16)27-10-12-28(13-11-27)24(30)22-17(2)14-21(31-22)26-23(29)18-7-5-8-19(25)15-18/h3-9,14-15H,10-13H2,1-2H3,(H,26,29). The molecule has 0 unspecified atom stereocenters. The highest BCUT2D eigenvalue weighted by molar-refractivity contribution is 7.18. The number of halogens is 1. The van der Waals surface area contributed by atoms with Crippen molar-refractivity contribution < 1.29 is 14.0 Å². The molecule has 7 heteroatoms. The lowest BCUT2D eigenvalue weighted by Gasteiger charge is -2.36. The first kappa shape index (κ1) is 21.1. The summed E-state index contributed by atoms with van der Waals surface area (Å²) >= 11 is 1.26. The molecular weight excluding hydrogens is 413 g/mol. The summed E-state index contributed by atoms with van der Waals surface area (Å²) in [5.74, 6) is -0.875. The predicted molar refractivity (Wildman–Crippen MR) is 123 cm³/mol. The third-order valence-corrected chi connectivity index (χ3v) is 6.60. The largest absolute Gasteiger partial charge is 0.368 e. The number of nitrogens with zero attached hydrogens (tertiary/aromatic N) is 2. The van der Waals surface area contributed by atoms with E-state index < -0.39 is 11.7 Å². The summed E-state index contributed by atoms with van der Waals surface area (Å²) in [5, 5.41) is 3.35. The number of piperazine rings is 1. The molecule has 2 amide bonds. The van der Waals surface area contributed by atoms with Gasteiger partial charge in [-0.3, -0.25) is 9.59 Å². The minimum absolute atomic E-state index is 0.0156. The van der Waals surface area contributed by atoms with E-state index in [2.05, 4.69) is 29.3 Å². The van der Waals surface area contributed by atoms with Crippen molar-refractivity contribution in [2.75, 3.05) is 36.4 Å². The van der Waals surface area contributed by atoms with Gasteiger partial charge in [-0.1, -0.05) is 24.3 Å². The van der Waals surface area contributed by atoms with Crippen molar-refractivity contribution in [3.05, 3.63) is 82.0 Å². The number of hydrogen-bond acceptors (Lipinski definition) is 4. The topological polar surface area (TPSA) is 52.6 Å². The number of carbonyl (C=O) groups is 2. The van der Waals surface area contributed by atoms with Crippen molar-refractivity contribution in [3.63, 3.8) is 0 Å². The molecule has 31 heavy (non-hydrogen) atoms. The van der Waals surface area contributed by atoms with Crippen LogP contribution in [0.1, 0.15) is 31.2 Å². The SMILES string of the molecule is Cc1ccccc1N1CCN(C(=O)c2sc(NC(=O)c3cccc(F)c3)cc2C)CC1. The normalized spacial score (nSPS) is 13.9. The molecule has 160 valence electrons. The average molecular weight is 438 g/mol. The molecule has 1 saturated heterocycles. The van der Waals surface area contributed by atoms with E-state index in [0.717, 1.165) is 18.7 Å². The van der Waals surface area contributed by atoms with E-state index in [4.69, 9.17) is 0 Å². The number of hydrogen-bond donors (Lipinski definition) is 1. The molecule has 2 aromatic carbocycles. The first-order valence-electron chi connectivity index (χ1n) is 10.2. The van der Waals surface area contributed by atoms with Gasteiger partial charge in [0.25, 0.3) is 11.8 Å². The molecular formula is C24H24FN3O2S. The van der Waals surface area contributed by atoms with Crippen LogP contribution in [0.4, 0.5) is 15.1 Å². The summed E-state index contributed by atoms with van der Waals surface area (Å²) < 4.78 is 13.4. The highest BCUT2D eigenvalue weighted by Crippen LogP contribution is 2.29. The van der Waals surface area contributed by atoms with Crippen LogP contribution in [0.2, 0.25) is 0 Å². The fraction of sp³-hybridized carbons (Fsp3) is 0.250. The Hall–Kier alpha value is -3.19. The van der Waals surface area contributed by atoms with E-state index in [9.17, 15) is 14.0 Å². The zero-order chi connectivity index (χ0) is 22.0. The van der Waals surface area contributed by atoms with Gasteiger partial charge in [-0.2, -0.15) is 0 Å². The highest BCUT2D eigenvalue weighted by Gasteiger charge is 2.25. The Balaban J connectivity index is 1.41. The van der Waals surface area contributed by atoms with Gasteiger partial charge < -0.3 is 15.1 Å². The van der Waals surface area contributed by atoms with Crippen LogP contribution in [0.5, 0.6) is 0 Å². The second-order valence-electron chi connectivity index (χ2n) is 7.65. The number of para-hydroxylation sites is 1. The van der Waals surface area contributed by atoms with E-state index in [-0.39, 0.29) is 11.5 Å². The molecule has 1 fully saturated rings.